The molecule has 0 aliphatic heterocycles. The van der Waals surface area contributed by atoms with Crippen LogP contribution in [0.3, 0.4) is 0 Å². The first kappa shape index (κ1) is 13.4. The fourth-order valence-electron chi connectivity index (χ4n) is 1.58. The van der Waals surface area contributed by atoms with Crippen LogP contribution in [-0.2, 0) is 6.54 Å². The molecule has 0 aliphatic carbocycles. The molecule has 0 spiro atoms. The SMILES string of the molecule is COc1ccccc1OCCNCc1nc(C)no1. The highest BCUT2D eigenvalue weighted by Crippen LogP contribution is 2.25. The first-order chi connectivity index (χ1) is 9.29. The number of benzene rings is 1. The lowest BCUT2D eigenvalue weighted by Gasteiger charge is -2.10. The zero-order valence-corrected chi connectivity index (χ0v) is 11.0. The van der Waals surface area contributed by atoms with Crippen molar-refractivity contribution in [3.8, 4) is 11.5 Å². The molecule has 0 atom stereocenters. The van der Waals surface area contributed by atoms with Crippen LogP contribution in [0.1, 0.15) is 11.7 Å². The van der Waals surface area contributed by atoms with Gasteiger partial charge in [-0.1, -0.05) is 17.3 Å². The van der Waals surface area contributed by atoms with E-state index in [0.717, 1.165) is 11.5 Å². The average molecular weight is 263 g/mol. The third kappa shape index (κ3) is 3.96. The van der Waals surface area contributed by atoms with E-state index in [4.69, 9.17) is 14.0 Å². The van der Waals surface area contributed by atoms with Crippen molar-refractivity contribution < 1.29 is 14.0 Å². The van der Waals surface area contributed by atoms with Gasteiger partial charge in [-0.05, 0) is 19.1 Å². The normalized spacial score (nSPS) is 10.4. The van der Waals surface area contributed by atoms with Crippen LogP contribution in [0.4, 0.5) is 0 Å². The highest BCUT2D eigenvalue weighted by atomic mass is 16.5. The van der Waals surface area contributed by atoms with Crippen LogP contribution in [0, 0.1) is 6.92 Å². The molecule has 0 fully saturated rings. The van der Waals surface area contributed by atoms with Crippen LogP contribution in [0.5, 0.6) is 11.5 Å². The number of hydrogen-bond acceptors (Lipinski definition) is 6. The minimum atomic E-state index is 0.535. The summed E-state index contributed by atoms with van der Waals surface area (Å²) in [7, 11) is 1.62. The zero-order valence-electron chi connectivity index (χ0n) is 11.0. The Morgan fingerprint density at radius 3 is 2.74 bits per heavy atom. The molecule has 0 amide bonds. The van der Waals surface area contributed by atoms with Crippen molar-refractivity contribution in [2.75, 3.05) is 20.3 Å². The van der Waals surface area contributed by atoms with Crippen LogP contribution in [-0.4, -0.2) is 30.4 Å². The highest BCUT2D eigenvalue weighted by molar-refractivity contribution is 5.39. The number of ether oxygens (including phenoxy) is 2. The minimum absolute atomic E-state index is 0.535. The molecule has 0 saturated carbocycles. The summed E-state index contributed by atoms with van der Waals surface area (Å²) in [5.74, 6) is 2.69. The molecule has 1 aromatic carbocycles. The van der Waals surface area contributed by atoms with Gasteiger partial charge in [0.2, 0.25) is 5.89 Å². The van der Waals surface area contributed by atoms with Crippen molar-refractivity contribution in [3.05, 3.63) is 36.0 Å². The van der Waals surface area contributed by atoms with Crippen molar-refractivity contribution in [2.24, 2.45) is 0 Å². The Kier molecular flexibility index (Phi) is 4.74. The number of methoxy groups -OCH3 is 1. The lowest BCUT2D eigenvalue weighted by atomic mass is 10.3. The Hall–Kier alpha value is -2.08. The van der Waals surface area contributed by atoms with Gasteiger partial charge >= 0.3 is 0 Å². The van der Waals surface area contributed by atoms with Gasteiger partial charge in [-0.25, -0.2) is 0 Å². The van der Waals surface area contributed by atoms with E-state index in [1.807, 2.05) is 24.3 Å². The quantitative estimate of drug-likeness (QED) is 0.764. The smallest absolute Gasteiger partial charge is 0.240 e. The van der Waals surface area contributed by atoms with E-state index in [-0.39, 0.29) is 0 Å². The molecule has 2 rings (SSSR count). The van der Waals surface area contributed by atoms with Crippen molar-refractivity contribution in [3.63, 3.8) is 0 Å². The van der Waals surface area contributed by atoms with E-state index < -0.39 is 0 Å². The number of aromatic nitrogens is 2. The molecule has 0 unspecified atom stereocenters. The van der Waals surface area contributed by atoms with E-state index in [1.54, 1.807) is 14.0 Å². The molecular weight excluding hydrogens is 246 g/mol. The van der Waals surface area contributed by atoms with E-state index in [0.29, 0.717) is 31.4 Å². The minimum Gasteiger partial charge on any atom is -0.493 e. The van der Waals surface area contributed by atoms with E-state index in [9.17, 15) is 0 Å². The zero-order chi connectivity index (χ0) is 13.5. The maximum absolute atomic E-state index is 5.62. The molecule has 1 N–H and O–H groups in total. The summed E-state index contributed by atoms with van der Waals surface area (Å²) in [5.41, 5.74) is 0. The van der Waals surface area contributed by atoms with Crippen LogP contribution >= 0.6 is 0 Å². The second kappa shape index (κ2) is 6.75. The Bertz CT molecular complexity index is 513. The lowest BCUT2D eigenvalue weighted by molar-refractivity contribution is 0.287. The molecule has 0 saturated heterocycles. The summed E-state index contributed by atoms with van der Waals surface area (Å²) < 4.78 is 15.8. The summed E-state index contributed by atoms with van der Waals surface area (Å²) in [6.07, 6.45) is 0. The fourth-order valence-corrected chi connectivity index (χ4v) is 1.58. The van der Waals surface area contributed by atoms with Crippen molar-refractivity contribution >= 4 is 0 Å². The number of rotatable bonds is 7. The van der Waals surface area contributed by atoms with Gasteiger partial charge in [0.05, 0.1) is 13.7 Å². The lowest BCUT2D eigenvalue weighted by Crippen LogP contribution is -2.20. The third-order valence-electron chi connectivity index (χ3n) is 2.45. The van der Waals surface area contributed by atoms with Gasteiger partial charge < -0.3 is 19.3 Å². The van der Waals surface area contributed by atoms with Crippen LogP contribution < -0.4 is 14.8 Å². The first-order valence-electron chi connectivity index (χ1n) is 6.05. The van der Waals surface area contributed by atoms with Gasteiger partial charge in [0, 0.05) is 6.54 Å². The number of nitrogens with zero attached hydrogens (tertiary/aromatic N) is 2. The molecule has 0 bridgehead atoms. The second-order valence-corrected chi connectivity index (χ2v) is 3.91. The Morgan fingerprint density at radius 1 is 1.26 bits per heavy atom. The molecule has 1 aromatic heterocycles. The third-order valence-corrected chi connectivity index (χ3v) is 2.45. The number of aryl methyl sites for hydroxylation is 1. The number of para-hydroxylation sites is 2. The number of nitrogens with one attached hydrogen (secondary N) is 1. The molecule has 6 heteroatoms. The molecule has 19 heavy (non-hydrogen) atoms. The largest absolute Gasteiger partial charge is 0.493 e. The molecule has 2 aromatic rings. The predicted octanol–water partition coefficient (Wildman–Crippen LogP) is 1.56. The monoisotopic (exact) mass is 263 g/mol. The van der Waals surface area contributed by atoms with Gasteiger partial charge in [0.1, 0.15) is 6.61 Å². The van der Waals surface area contributed by atoms with Gasteiger partial charge in [-0.3, -0.25) is 0 Å². The first-order valence-corrected chi connectivity index (χ1v) is 6.05. The van der Waals surface area contributed by atoms with Gasteiger partial charge in [0.25, 0.3) is 0 Å². The van der Waals surface area contributed by atoms with E-state index in [2.05, 4.69) is 15.5 Å². The maximum Gasteiger partial charge on any atom is 0.240 e. The average Bonchev–Trinajstić information content (AvgIpc) is 2.84. The van der Waals surface area contributed by atoms with Gasteiger partial charge in [-0.15, -0.1) is 0 Å². The van der Waals surface area contributed by atoms with Gasteiger partial charge in [0.15, 0.2) is 17.3 Å². The summed E-state index contributed by atoms with van der Waals surface area (Å²) in [5, 5.41) is 6.87. The Labute approximate surface area is 111 Å². The van der Waals surface area contributed by atoms with Crippen molar-refractivity contribution in [2.45, 2.75) is 13.5 Å². The summed E-state index contributed by atoms with van der Waals surface area (Å²) in [6, 6.07) is 7.55. The van der Waals surface area contributed by atoms with Gasteiger partial charge in [-0.2, -0.15) is 4.98 Å². The van der Waals surface area contributed by atoms with E-state index >= 15 is 0 Å². The Balaban J connectivity index is 1.69. The molecule has 6 nitrogen and oxygen atoms in total. The standard InChI is InChI=1S/C13H17N3O3/c1-10-15-13(19-16-10)9-14-7-8-18-12-6-4-3-5-11(12)17-2/h3-6,14H,7-9H2,1-2H3. The molecular formula is C13H17N3O3. The fraction of sp³-hybridized carbons (Fsp3) is 0.385. The summed E-state index contributed by atoms with van der Waals surface area (Å²) >= 11 is 0. The molecule has 1 heterocycles. The van der Waals surface area contributed by atoms with Crippen LogP contribution in [0.15, 0.2) is 28.8 Å². The topological polar surface area (TPSA) is 69.4 Å². The maximum atomic E-state index is 5.62. The second-order valence-electron chi connectivity index (χ2n) is 3.91. The van der Waals surface area contributed by atoms with Crippen molar-refractivity contribution in [1.82, 2.24) is 15.5 Å². The highest BCUT2D eigenvalue weighted by Gasteiger charge is 2.03. The van der Waals surface area contributed by atoms with Crippen LogP contribution in [0.2, 0.25) is 0 Å². The number of hydrogen-bond donors (Lipinski definition) is 1. The molecule has 0 aliphatic rings. The van der Waals surface area contributed by atoms with Crippen LogP contribution in [0.25, 0.3) is 0 Å². The summed E-state index contributed by atoms with van der Waals surface area (Å²) in [6.45, 7) is 3.54. The predicted molar refractivity (Wildman–Crippen MR) is 69.2 cm³/mol. The van der Waals surface area contributed by atoms with Crippen molar-refractivity contribution in [1.29, 1.82) is 0 Å². The van der Waals surface area contributed by atoms with E-state index in [1.165, 1.54) is 0 Å². The molecule has 0 radical (unpaired) electrons. The summed E-state index contributed by atoms with van der Waals surface area (Å²) in [4.78, 5) is 4.09. The Morgan fingerprint density at radius 2 is 2.05 bits per heavy atom. The molecule has 102 valence electrons.